The zero-order valence-corrected chi connectivity index (χ0v) is 11.5. The first-order valence-electron chi connectivity index (χ1n) is 6.69. The largest absolute Gasteiger partial charge is 0.493 e. The summed E-state index contributed by atoms with van der Waals surface area (Å²) in [6.45, 7) is 2.05. The van der Waals surface area contributed by atoms with Crippen molar-refractivity contribution in [1.29, 1.82) is 0 Å². The van der Waals surface area contributed by atoms with Gasteiger partial charge in [0.25, 0.3) is 0 Å². The van der Waals surface area contributed by atoms with E-state index in [9.17, 15) is 10.2 Å². The molecule has 0 radical (unpaired) electrons. The molecular formula is C15H20O4. The molecule has 1 saturated carbocycles. The summed E-state index contributed by atoms with van der Waals surface area (Å²) in [7, 11) is 3.15. The van der Waals surface area contributed by atoms with E-state index in [1.807, 2.05) is 6.07 Å². The van der Waals surface area contributed by atoms with Crippen LogP contribution in [0.15, 0.2) is 12.1 Å². The summed E-state index contributed by atoms with van der Waals surface area (Å²) in [5, 5.41) is 21.2. The number of methoxy groups -OCH3 is 2. The first kappa shape index (κ1) is 12.8. The lowest BCUT2D eigenvalue weighted by Crippen LogP contribution is -2.54. The molecule has 0 bridgehead atoms. The molecule has 4 atom stereocenters. The van der Waals surface area contributed by atoms with Crippen LogP contribution in [0.25, 0.3) is 0 Å². The Morgan fingerprint density at radius 3 is 2.37 bits per heavy atom. The number of aliphatic hydroxyl groups excluding tert-OH is 1. The van der Waals surface area contributed by atoms with Gasteiger partial charge in [0, 0.05) is 0 Å². The molecule has 0 amide bonds. The van der Waals surface area contributed by atoms with E-state index >= 15 is 0 Å². The van der Waals surface area contributed by atoms with Gasteiger partial charge in [0.05, 0.1) is 25.9 Å². The Balaban J connectivity index is 2.18. The monoisotopic (exact) mass is 264 g/mol. The van der Waals surface area contributed by atoms with Gasteiger partial charge in [-0.15, -0.1) is 0 Å². The number of fused-ring (bicyclic) bond motifs is 3. The summed E-state index contributed by atoms with van der Waals surface area (Å²) in [6.07, 6.45) is 1.04. The second-order valence-corrected chi connectivity index (χ2v) is 5.70. The number of rotatable bonds is 2. The first-order valence-corrected chi connectivity index (χ1v) is 6.69. The molecule has 2 N–H and O–H groups in total. The van der Waals surface area contributed by atoms with E-state index in [0.717, 1.165) is 17.5 Å². The molecule has 1 aromatic carbocycles. The molecule has 2 aliphatic rings. The SMILES string of the molecule is COc1cc2c(cc1OC)C1(O)C(C)CC1CC2O. The smallest absolute Gasteiger partial charge is 0.161 e. The van der Waals surface area contributed by atoms with Crippen molar-refractivity contribution in [3.8, 4) is 11.5 Å². The minimum absolute atomic E-state index is 0.142. The van der Waals surface area contributed by atoms with Gasteiger partial charge in [0.2, 0.25) is 0 Å². The third-order valence-corrected chi connectivity index (χ3v) is 4.87. The van der Waals surface area contributed by atoms with Crippen LogP contribution in [0.5, 0.6) is 11.5 Å². The number of ether oxygens (including phenoxy) is 2. The van der Waals surface area contributed by atoms with Crippen molar-refractivity contribution in [3.05, 3.63) is 23.3 Å². The summed E-state index contributed by atoms with van der Waals surface area (Å²) < 4.78 is 10.6. The molecule has 2 aliphatic carbocycles. The van der Waals surface area contributed by atoms with E-state index in [2.05, 4.69) is 6.92 Å². The van der Waals surface area contributed by atoms with Gasteiger partial charge in [-0.1, -0.05) is 6.92 Å². The van der Waals surface area contributed by atoms with Crippen molar-refractivity contribution < 1.29 is 19.7 Å². The fraction of sp³-hybridized carbons (Fsp3) is 0.600. The molecule has 0 aromatic heterocycles. The average molecular weight is 264 g/mol. The predicted octanol–water partition coefficient (Wildman–Crippen LogP) is 1.98. The van der Waals surface area contributed by atoms with Crippen LogP contribution >= 0.6 is 0 Å². The molecule has 0 saturated heterocycles. The molecule has 19 heavy (non-hydrogen) atoms. The van der Waals surface area contributed by atoms with E-state index in [1.165, 1.54) is 0 Å². The van der Waals surface area contributed by atoms with E-state index in [-0.39, 0.29) is 11.8 Å². The average Bonchev–Trinajstić information content (AvgIpc) is 2.43. The maximum Gasteiger partial charge on any atom is 0.161 e. The normalized spacial score (nSPS) is 35.9. The Hall–Kier alpha value is -1.26. The highest BCUT2D eigenvalue weighted by Crippen LogP contribution is 2.60. The molecule has 104 valence electrons. The lowest BCUT2D eigenvalue weighted by Gasteiger charge is -2.55. The fourth-order valence-corrected chi connectivity index (χ4v) is 3.70. The number of aliphatic hydroxyl groups is 2. The molecular weight excluding hydrogens is 244 g/mol. The van der Waals surface area contributed by atoms with Crippen LogP contribution in [0.4, 0.5) is 0 Å². The van der Waals surface area contributed by atoms with Crippen LogP contribution in [-0.4, -0.2) is 24.4 Å². The molecule has 1 fully saturated rings. The van der Waals surface area contributed by atoms with Gasteiger partial charge >= 0.3 is 0 Å². The number of hydrogen-bond donors (Lipinski definition) is 2. The van der Waals surface area contributed by atoms with Gasteiger partial charge in [-0.3, -0.25) is 0 Å². The first-order chi connectivity index (χ1) is 9.02. The maximum atomic E-state index is 10.9. The van der Waals surface area contributed by atoms with Crippen LogP contribution in [0.2, 0.25) is 0 Å². The molecule has 1 aromatic rings. The minimum atomic E-state index is -0.825. The highest BCUT2D eigenvalue weighted by molar-refractivity contribution is 5.52. The molecule has 3 rings (SSSR count). The second-order valence-electron chi connectivity index (χ2n) is 5.70. The zero-order chi connectivity index (χ0) is 13.8. The molecule has 0 heterocycles. The van der Waals surface area contributed by atoms with Crippen LogP contribution in [0.3, 0.4) is 0 Å². The summed E-state index contributed by atoms with van der Waals surface area (Å²) in [5.41, 5.74) is 0.740. The van der Waals surface area contributed by atoms with Gasteiger partial charge < -0.3 is 19.7 Å². The highest BCUT2D eigenvalue weighted by Gasteiger charge is 2.57. The van der Waals surface area contributed by atoms with Crippen molar-refractivity contribution in [2.45, 2.75) is 31.5 Å². The Bertz CT molecular complexity index is 513. The van der Waals surface area contributed by atoms with Gasteiger partial charge in [-0.05, 0) is 47.9 Å². The molecule has 4 heteroatoms. The van der Waals surface area contributed by atoms with E-state index in [4.69, 9.17) is 9.47 Å². The van der Waals surface area contributed by atoms with Crippen LogP contribution in [0, 0.1) is 11.8 Å². The molecule has 4 nitrogen and oxygen atoms in total. The standard InChI is InChI=1S/C15H20O4/c1-8-4-9-5-12(16)10-6-13(18-2)14(19-3)7-11(10)15(8,9)17/h6-9,12,16-17H,4-5H2,1-3H3. The molecule has 4 unspecified atom stereocenters. The van der Waals surface area contributed by atoms with E-state index in [1.54, 1.807) is 20.3 Å². The van der Waals surface area contributed by atoms with Crippen molar-refractivity contribution >= 4 is 0 Å². The quantitative estimate of drug-likeness (QED) is 0.857. The van der Waals surface area contributed by atoms with Crippen LogP contribution < -0.4 is 9.47 Å². The summed E-state index contributed by atoms with van der Waals surface area (Å²) in [5.74, 6) is 1.54. The van der Waals surface area contributed by atoms with E-state index in [0.29, 0.717) is 17.9 Å². The third kappa shape index (κ3) is 1.53. The van der Waals surface area contributed by atoms with Gasteiger partial charge in [0.1, 0.15) is 0 Å². The summed E-state index contributed by atoms with van der Waals surface area (Å²) >= 11 is 0. The van der Waals surface area contributed by atoms with Crippen molar-refractivity contribution in [3.63, 3.8) is 0 Å². The van der Waals surface area contributed by atoms with Gasteiger partial charge in [0.15, 0.2) is 11.5 Å². The second kappa shape index (κ2) is 4.12. The number of hydrogen-bond acceptors (Lipinski definition) is 4. The van der Waals surface area contributed by atoms with Crippen LogP contribution in [0.1, 0.15) is 37.0 Å². The fourth-order valence-electron chi connectivity index (χ4n) is 3.70. The molecule has 0 spiro atoms. The summed E-state index contributed by atoms with van der Waals surface area (Å²) in [6, 6.07) is 3.61. The minimum Gasteiger partial charge on any atom is -0.493 e. The summed E-state index contributed by atoms with van der Waals surface area (Å²) in [4.78, 5) is 0. The Kier molecular flexibility index (Phi) is 2.76. The third-order valence-electron chi connectivity index (χ3n) is 4.87. The Labute approximate surface area is 113 Å². The van der Waals surface area contributed by atoms with Crippen molar-refractivity contribution in [1.82, 2.24) is 0 Å². The lowest BCUT2D eigenvalue weighted by atomic mass is 9.53. The lowest BCUT2D eigenvalue weighted by molar-refractivity contribution is -0.174. The van der Waals surface area contributed by atoms with E-state index < -0.39 is 11.7 Å². The van der Waals surface area contributed by atoms with Crippen molar-refractivity contribution in [2.75, 3.05) is 14.2 Å². The highest BCUT2D eigenvalue weighted by atomic mass is 16.5. The number of benzene rings is 1. The van der Waals surface area contributed by atoms with Gasteiger partial charge in [-0.2, -0.15) is 0 Å². The Morgan fingerprint density at radius 1 is 1.16 bits per heavy atom. The molecule has 0 aliphatic heterocycles. The Morgan fingerprint density at radius 2 is 1.79 bits per heavy atom. The van der Waals surface area contributed by atoms with Crippen molar-refractivity contribution in [2.24, 2.45) is 11.8 Å². The topological polar surface area (TPSA) is 58.9 Å². The van der Waals surface area contributed by atoms with Gasteiger partial charge in [-0.25, -0.2) is 0 Å². The predicted molar refractivity (Wildman–Crippen MR) is 70.3 cm³/mol. The maximum absolute atomic E-state index is 10.9. The van der Waals surface area contributed by atoms with Crippen LogP contribution in [-0.2, 0) is 5.60 Å². The zero-order valence-electron chi connectivity index (χ0n) is 11.5.